The number of carbonyl (C=O) groups is 2. The molecule has 9 nitrogen and oxygen atoms in total. The van der Waals surface area contributed by atoms with Gasteiger partial charge < -0.3 is 20.1 Å². The van der Waals surface area contributed by atoms with E-state index in [1.54, 1.807) is 24.1 Å². The van der Waals surface area contributed by atoms with Gasteiger partial charge in [-0.25, -0.2) is 0 Å². The molecule has 0 saturated carbocycles. The van der Waals surface area contributed by atoms with Crippen LogP contribution < -0.4 is 5.73 Å². The highest BCUT2D eigenvalue weighted by Crippen LogP contribution is 2.42. The monoisotopic (exact) mass is 474 g/mol. The first kappa shape index (κ1) is 25.6. The van der Waals surface area contributed by atoms with Crippen molar-refractivity contribution in [2.75, 3.05) is 26.0 Å². The maximum absolute atomic E-state index is 12.5. The van der Waals surface area contributed by atoms with E-state index in [2.05, 4.69) is 0 Å². The highest BCUT2D eigenvalue weighted by molar-refractivity contribution is 8.00. The quantitative estimate of drug-likeness (QED) is 0.377. The van der Waals surface area contributed by atoms with Crippen LogP contribution in [0.3, 0.4) is 0 Å². The van der Waals surface area contributed by atoms with Gasteiger partial charge >= 0.3 is 5.97 Å². The normalized spacial score (nSPS) is 25.6. The van der Waals surface area contributed by atoms with Crippen molar-refractivity contribution in [1.82, 2.24) is 4.90 Å². The first-order chi connectivity index (χ1) is 14.2. The van der Waals surface area contributed by atoms with Crippen molar-refractivity contribution in [3.8, 4) is 0 Å². The summed E-state index contributed by atoms with van der Waals surface area (Å²) in [4.78, 5) is 25.9. The first-order valence-electron chi connectivity index (χ1n) is 9.64. The number of amides is 1. The average molecular weight is 475 g/mol. The van der Waals surface area contributed by atoms with Gasteiger partial charge in [-0.1, -0.05) is 17.7 Å². The molecule has 11 heteroatoms. The predicted molar refractivity (Wildman–Crippen MR) is 117 cm³/mol. The molecular formula is C20H30N2O7S2. The third kappa shape index (κ3) is 6.19. The molecule has 2 aliphatic rings. The SMILES string of the molecule is COCC1(C(=O)OC(C)(C)C)CS[C@@H]2C(N)C(=O)N2C1.Cc1ccc(S(=O)(=O)O)cc1. The fraction of sp³-hybridized carbons (Fsp3) is 0.600. The van der Waals surface area contributed by atoms with Crippen molar-refractivity contribution >= 4 is 33.8 Å². The molecule has 0 aromatic heterocycles. The Kier molecular flexibility index (Phi) is 7.81. The van der Waals surface area contributed by atoms with E-state index < -0.39 is 27.2 Å². The van der Waals surface area contributed by atoms with E-state index in [0.29, 0.717) is 12.3 Å². The molecule has 3 rings (SSSR count). The standard InChI is InChI=1S/C13H22N2O4S.C7H8O3S/c1-12(2,3)19-11(17)13(6-18-4)5-15-9(16)8(14)10(15)20-7-13;1-6-2-4-7(5-3-6)11(8,9)10/h8,10H,5-7,14H2,1-4H3;2-5H,1H3,(H,8,9,10)/t8?,10-,13?;/m1./s1. The summed E-state index contributed by atoms with van der Waals surface area (Å²) < 4.78 is 40.3. The second-order valence-electron chi connectivity index (χ2n) is 8.70. The predicted octanol–water partition coefficient (Wildman–Crippen LogP) is 1.45. The van der Waals surface area contributed by atoms with Crippen LogP contribution in [0.2, 0.25) is 0 Å². The summed E-state index contributed by atoms with van der Waals surface area (Å²) >= 11 is 1.53. The molecule has 0 aliphatic carbocycles. The minimum absolute atomic E-state index is 0.0186. The summed E-state index contributed by atoms with van der Waals surface area (Å²) in [6, 6.07) is 5.54. The molecule has 31 heavy (non-hydrogen) atoms. The summed E-state index contributed by atoms with van der Waals surface area (Å²) in [5.74, 6) is 0.134. The highest BCUT2D eigenvalue weighted by Gasteiger charge is 2.56. The Bertz CT molecular complexity index is 912. The largest absolute Gasteiger partial charge is 0.459 e. The van der Waals surface area contributed by atoms with Gasteiger partial charge in [0.15, 0.2) is 0 Å². The Morgan fingerprint density at radius 1 is 1.32 bits per heavy atom. The van der Waals surface area contributed by atoms with Crippen LogP contribution in [0.15, 0.2) is 29.2 Å². The molecule has 0 bridgehead atoms. The number of β-lactam (4-membered cyclic amide) rings is 1. The Hall–Kier alpha value is -1.66. The number of nitrogens with zero attached hydrogens (tertiary/aromatic N) is 1. The molecule has 2 aliphatic heterocycles. The zero-order valence-electron chi connectivity index (χ0n) is 18.3. The van der Waals surface area contributed by atoms with E-state index in [9.17, 15) is 18.0 Å². The third-order valence-corrected chi connectivity index (χ3v) is 7.23. The maximum Gasteiger partial charge on any atom is 0.317 e. The lowest BCUT2D eigenvalue weighted by atomic mass is 9.87. The van der Waals surface area contributed by atoms with Gasteiger partial charge in [-0.2, -0.15) is 8.42 Å². The van der Waals surface area contributed by atoms with E-state index in [0.717, 1.165) is 5.56 Å². The lowest BCUT2D eigenvalue weighted by molar-refractivity contribution is -0.174. The van der Waals surface area contributed by atoms with Crippen LogP contribution in [0.4, 0.5) is 0 Å². The zero-order valence-corrected chi connectivity index (χ0v) is 20.0. The fourth-order valence-corrected chi connectivity index (χ4v) is 5.12. The molecule has 1 amide bonds. The number of thioether (sulfide) groups is 1. The molecule has 1 aromatic rings. The molecule has 0 spiro atoms. The third-order valence-electron chi connectivity index (χ3n) is 4.76. The minimum Gasteiger partial charge on any atom is -0.459 e. The topological polar surface area (TPSA) is 136 Å². The molecule has 0 radical (unpaired) electrons. The molecule has 2 fully saturated rings. The van der Waals surface area contributed by atoms with Crippen LogP contribution in [0, 0.1) is 12.3 Å². The first-order valence-corrected chi connectivity index (χ1v) is 12.1. The number of aryl methyl sites for hydroxylation is 1. The Labute approximate surface area is 187 Å². The van der Waals surface area contributed by atoms with Gasteiger partial charge in [0.2, 0.25) is 5.91 Å². The van der Waals surface area contributed by atoms with Gasteiger partial charge in [0, 0.05) is 19.4 Å². The second kappa shape index (κ2) is 9.45. The molecule has 2 saturated heterocycles. The highest BCUT2D eigenvalue weighted by atomic mass is 32.2. The number of benzene rings is 1. The Morgan fingerprint density at radius 3 is 2.39 bits per heavy atom. The summed E-state index contributed by atoms with van der Waals surface area (Å²) in [5, 5.41) is -0.0186. The van der Waals surface area contributed by atoms with Gasteiger partial charge in [-0.3, -0.25) is 14.1 Å². The van der Waals surface area contributed by atoms with Crippen LogP contribution in [-0.2, 0) is 29.2 Å². The summed E-state index contributed by atoms with van der Waals surface area (Å²) in [6.07, 6.45) is 0. The maximum atomic E-state index is 12.5. The van der Waals surface area contributed by atoms with Crippen molar-refractivity contribution in [1.29, 1.82) is 0 Å². The second-order valence-corrected chi connectivity index (χ2v) is 11.2. The van der Waals surface area contributed by atoms with E-state index in [1.165, 1.54) is 23.9 Å². The molecular weight excluding hydrogens is 444 g/mol. The number of rotatable bonds is 4. The number of methoxy groups -OCH3 is 1. The van der Waals surface area contributed by atoms with Crippen molar-refractivity contribution in [2.24, 2.45) is 11.1 Å². The minimum atomic E-state index is -4.02. The van der Waals surface area contributed by atoms with E-state index in [-0.39, 0.29) is 28.8 Å². The van der Waals surface area contributed by atoms with Gasteiger partial charge in [0.1, 0.15) is 22.4 Å². The number of esters is 1. The van der Waals surface area contributed by atoms with Gasteiger partial charge in [0.05, 0.1) is 11.5 Å². The van der Waals surface area contributed by atoms with Gasteiger partial charge in [-0.05, 0) is 39.8 Å². The van der Waals surface area contributed by atoms with E-state index >= 15 is 0 Å². The Balaban J connectivity index is 0.000000262. The van der Waals surface area contributed by atoms with Crippen LogP contribution in [0.1, 0.15) is 26.3 Å². The lowest BCUT2D eigenvalue weighted by Crippen LogP contribution is -2.72. The van der Waals surface area contributed by atoms with Crippen molar-refractivity contribution < 1.29 is 32.0 Å². The summed E-state index contributed by atoms with van der Waals surface area (Å²) in [6.45, 7) is 7.88. The van der Waals surface area contributed by atoms with Crippen LogP contribution in [-0.4, -0.2) is 72.8 Å². The number of ether oxygens (including phenoxy) is 2. The van der Waals surface area contributed by atoms with Crippen LogP contribution >= 0.6 is 11.8 Å². The van der Waals surface area contributed by atoms with Crippen molar-refractivity contribution in [2.45, 2.75) is 49.6 Å². The number of carbonyl (C=O) groups excluding carboxylic acids is 2. The van der Waals surface area contributed by atoms with Crippen LogP contribution in [0.5, 0.6) is 0 Å². The van der Waals surface area contributed by atoms with Gasteiger partial charge in [-0.15, -0.1) is 11.8 Å². The number of fused-ring (bicyclic) bond motifs is 1. The molecule has 3 atom stereocenters. The zero-order chi connectivity index (χ0) is 23.6. The molecule has 3 N–H and O–H groups in total. The molecule has 1 aromatic carbocycles. The van der Waals surface area contributed by atoms with Crippen molar-refractivity contribution in [3.63, 3.8) is 0 Å². The Morgan fingerprint density at radius 2 is 1.90 bits per heavy atom. The lowest BCUT2D eigenvalue weighted by Gasteiger charge is -2.53. The van der Waals surface area contributed by atoms with Gasteiger partial charge in [0.25, 0.3) is 10.1 Å². The van der Waals surface area contributed by atoms with E-state index in [4.69, 9.17) is 19.8 Å². The molecule has 174 valence electrons. The van der Waals surface area contributed by atoms with Crippen molar-refractivity contribution in [3.05, 3.63) is 29.8 Å². The molecule has 2 unspecified atom stereocenters. The van der Waals surface area contributed by atoms with Crippen LogP contribution in [0.25, 0.3) is 0 Å². The fourth-order valence-electron chi connectivity index (χ4n) is 3.17. The van der Waals surface area contributed by atoms with E-state index in [1.807, 2.05) is 27.7 Å². The number of nitrogens with two attached hydrogens (primary N) is 1. The number of hydrogen-bond acceptors (Lipinski definition) is 8. The summed E-state index contributed by atoms with van der Waals surface area (Å²) in [5.41, 5.74) is 5.35. The molecule has 2 heterocycles. The average Bonchev–Trinajstić information content (AvgIpc) is 2.66. The number of hydrogen-bond donors (Lipinski definition) is 2. The summed E-state index contributed by atoms with van der Waals surface area (Å²) in [7, 11) is -2.47. The smallest absolute Gasteiger partial charge is 0.317 e.